The molecule has 0 radical (unpaired) electrons. The third-order valence-corrected chi connectivity index (χ3v) is 5.97. The Hall–Kier alpha value is -1.35. The quantitative estimate of drug-likeness (QED) is 0.785. The number of hydrogen-bond acceptors (Lipinski definition) is 5. The third kappa shape index (κ3) is 4.84. The number of likely N-dealkylation sites (tertiary alicyclic amines) is 1. The molecule has 1 aromatic carbocycles. The van der Waals surface area contributed by atoms with Gasteiger partial charge in [-0.1, -0.05) is 0 Å². The number of methoxy groups -OCH3 is 1. The number of piperidine rings is 1. The van der Waals surface area contributed by atoms with Crippen LogP contribution in [-0.2, 0) is 10.0 Å². The van der Waals surface area contributed by atoms with E-state index in [1.54, 1.807) is 11.0 Å². The Morgan fingerprint density at radius 3 is 2.44 bits per heavy atom. The molecular weight excluding hydrogens is 366 g/mol. The van der Waals surface area contributed by atoms with Crippen molar-refractivity contribution in [2.45, 2.75) is 30.7 Å². The van der Waals surface area contributed by atoms with E-state index >= 15 is 0 Å². The minimum absolute atomic E-state index is 0. The van der Waals surface area contributed by atoms with Gasteiger partial charge in [0.2, 0.25) is 10.0 Å². The molecule has 9 heteroatoms. The number of nitrogens with one attached hydrogen (secondary N) is 1. The second-order valence-electron chi connectivity index (χ2n) is 6.06. The summed E-state index contributed by atoms with van der Waals surface area (Å²) in [6.07, 6.45) is 1.72. The number of rotatable bonds is 5. The van der Waals surface area contributed by atoms with Gasteiger partial charge in [0.25, 0.3) is 5.91 Å². The third-order valence-electron chi connectivity index (χ3n) is 4.54. The van der Waals surface area contributed by atoms with Crippen molar-refractivity contribution in [2.75, 3.05) is 27.2 Å². The first-order valence-corrected chi connectivity index (χ1v) is 9.45. The summed E-state index contributed by atoms with van der Waals surface area (Å²) < 4.78 is 31.6. The number of carbonyl (C=O) groups excluding carboxylic acids is 1. The van der Waals surface area contributed by atoms with Crippen LogP contribution in [0.5, 0.6) is 5.75 Å². The lowest BCUT2D eigenvalue weighted by molar-refractivity contribution is 0.0680. The van der Waals surface area contributed by atoms with Gasteiger partial charge in [-0.15, -0.1) is 12.4 Å². The van der Waals surface area contributed by atoms with Crippen LogP contribution < -0.4 is 15.2 Å². The first-order valence-electron chi connectivity index (χ1n) is 7.96. The number of carbonyl (C=O) groups is 1. The van der Waals surface area contributed by atoms with Crippen molar-refractivity contribution in [1.29, 1.82) is 0 Å². The second kappa shape index (κ2) is 8.84. The maximum atomic E-state index is 12.7. The van der Waals surface area contributed by atoms with Crippen LogP contribution >= 0.6 is 12.4 Å². The second-order valence-corrected chi connectivity index (χ2v) is 7.92. The van der Waals surface area contributed by atoms with Crippen molar-refractivity contribution in [2.24, 2.45) is 11.7 Å². The molecule has 1 heterocycles. The average molecular weight is 392 g/mol. The Kier molecular flexibility index (Phi) is 7.67. The highest BCUT2D eigenvalue weighted by Gasteiger charge is 2.27. The molecule has 1 unspecified atom stereocenters. The summed E-state index contributed by atoms with van der Waals surface area (Å²) >= 11 is 0. The van der Waals surface area contributed by atoms with Crippen molar-refractivity contribution < 1.29 is 17.9 Å². The molecule has 1 aliphatic heterocycles. The molecule has 1 aliphatic rings. The predicted octanol–water partition coefficient (Wildman–Crippen LogP) is 1.22. The van der Waals surface area contributed by atoms with E-state index in [-0.39, 0.29) is 35.0 Å². The fourth-order valence-electron chi connectivity index (χ4n) is 2.94. The summed E-state index contributed by atoms with van der Waals surface area (Å²) in [7, 11) is -0.995. The summed E-state index contributed by atoms with van der Waals surface area (Å²) in [5.41, 5.74) is 6.26. The lowest BCUT2D eigenvalue weighted by atomic mass is 9.90. The molecule has 1 aromatic rings. The monoisotopic (exact) mass is 391 g/mol. The highest BCUT2D eigenvalue weighted by Crippen LogP contribution is 2.26. The van der Waals surface area contributed by atoms with E-state index in [0.29, 0.717) is 24.6 Å². The molecule has 0 bridgehead atoms. The van der Waals surface area contributed by atoms with Crippen LogP contribution in [0.15, 0.2) is 23.1 Å². The number of ether oxygens (including phenoxy) is 1. The summed E-state index contributed by atoms with van der Waals surface area (Å²) in [6, 6.07) is 4.58. The zero-order valence-electron chi connectivity index (χ0n) is 14.7. The largest absolute Gasteiger partial charge is 0.495 e. The Bertz CT molecular complexity index is 701. The van der Waals surface area contributed by atoms with Gasteiger partial charge < -0.3 is 15.4 Å². The molecule has 0 saturated carbocycles. The molecule has 1 amide bonds. The van der Waals surface area contributed by atoms with Crippen LogP contribution in [0.2, 0.25) is 0 Å². The van der Waals surface area contributed by atoms with Crippen molar-refractivity contribution in [1.82, 2.24) is 9.62 Å². The molecule has 142 valence electrons. The SMILES string of the molecule is CNS(=O)(=O)c1cc(C(=O)N2CCC(C(C)N)CC2)ccc1OC.Cl. The van der Waals surface area contributed by atoms with Gasteiger partial charge in [0.15, 0.2) is 0 Å². The van der Waals surface area contributed by atoms with Gasteiger partial charge in [0.05, 0.1) is 7.11 Å². The number of halogens is 1. The molecular formula is C16H26ClN3O4S. The average Bonchev–Trinajstić information content (AvgIpc) is 2.60. The minimum Gasteiger partial charge on any atom is -0.495 e. The van der Waals surface area contributed by atoms with E-state index in [1.165, 1.54) is 26.3 Å². The Balaban J connectivity index is 0.00000312. The lowest BCUT2D eigenvalue weighted by Gasteiger charge is -2.33. The van der Waals surface area contributed by atoms with E-state index in [4.69, 9.17) is 10.5 Å². The Morgan fingerprint density at radius 2 is 1.96 bits per heavy atom. The number of benzene rings is 1. The molecule has 3 N–H and O–H groups in total. The molecule has 25 heavy (non-hydrogen) atoms. The number of sulfonamides is 1. The number of hydrogen-bond donors (Lipinski definition) is 2. The Labute approximate surface area is 155 Å². The molecule has 0 aromatic heterocycles. The van der Waals surface area contributed by atoms with Crippen molar-refractivity contribution >= 4 is 28.3 Å². The van der Waals surface area contributed by atoms with Crippen LogP contribution in [-0.4, -0.2) is 52.5 Å². The smallest absolute Gasteiger partial charge is 0.253 e. The van der Waals surface area contributed by atoms with Crippen LogP contribution in [0.1, 0.15) is 30.1 Å². The van der Waals surface area contributed by atoms with E-state index in [2.05, 4.69) is 4.72 Å². The Morgan fingerprint density at radius 1 is 1.36 bits per heavy atom. The topological polar surface area (TPSA) is 102 Å². The number of nitrogens with zero attached hydrogens (tertiary/aromatic N) is 1. The summed E-state index contributed by atoms with van der Waals surface area (Å²) in [4.78, 5) is 14.4. The van der Waals surface area contributed by atoms with Crippen LogP contribution in [0, 0.1) is 5.92 Å². The first kappa shape index (κ1) is 21.7. The van der Waals surface area contributed by atoms with Gasteiger partial charge in [0.1, 0.15) is 10.6 Å². The summed E-state index contributed by atoms with van der Waals surface area (Å²) in [5, 5.41) is 0. The molecule has 7 nitrogen and oxygen atoms in total. The van der Waals surface area contributed by atoms with E-state index in [0.717, 1.165) is 12.8 Å². The highest BCUT2D eigenvalue weighted by atomic mass is 35.5. The van der Waals surface area contributed by atoms with Crippen LogP contribution in [0.4, 0.5) is 0 Å². The van der Waals surface area contributed by atoms with Crippen LogP contribution in [0.25, 0.3) is 0 Å². The van der Waals surface area contributed by atoms with Crippen LogP contribution in [0.3, 0.4) is 0 Å². The minimum atomic E-state index is -3.71. The van der Waals surface area contributed by atoms with E-state index in [1.807, 2.05) is 6.92 Å². The fourth-order valence-corrected chi connectivity index (χ4v) is 3.86. The fraction of sp³-hybridized carbons (Fsp3) is 0.562. The summed E-state index contributed by atoms with van der Waals surface area (Å²) in [6.45, 7) is 3.25. The van der Waals surface area contributed by atoms with Gasteiger partial charge in [-0.05, 0) is 50.9 Å². The van der Waals surface area contributed by atoms with Crippen molar-refractivity contribution in [3.8, 4) is 5.75 Å². The molecule has 1 saturated heterocycles. The van der Waals surface area contributed by atoms with Gasteiger partial charge in [-0.25, -0.2) is 13.1 Å². The lowest BCUT2D eigenvalue weighted by Crippen LogP contribution is -2.42. The van der Waals surface area contributed by atoms with Gasteiger partial charge in [-0.3, -0.25) is 4.79 Å². The molecule has 0 spiro atoms. The zero-order valence-corrected chi connectivity index (χ0v) is 16.3. The van der Waals surface area contributed by atoms with Gasteiger partial charge in [-0.2, -0.15) is 0 Å². The number of amides is 1. The standard InChI is InChI=1S/C16H25N3O4S.ClH/c1-11(17)12-6-8-19(9-7-12)16(20)13-4-5-14(23-3)15(10-13)24(21,22)18-2;/h4-5,10-12,18H,6-9,17H2,1-3H3;1H. The number of nitrogens with two attached hydrogens (primary N) is 1. The molecule has 2 rings (SSSR count). The molecule has 1 fully saturated rings. The van der Waals surface area contributed by atoms with E-state index in [9.17, 15) is 13.2 Å². The van der Waals surface area contributed by atoms with E-state index < -0.39 is 10.0 Å². The van der Waals surface area contributed by atoms with Gasteiger partial charge in [0, 0.05) is 24.7 Å². The maximum Gasteiger partial charge on any atom is 0.253 e. The molecule has 1 atom stereocenters. The highest BCUT2D eigenvalue weighted by molar-refractivity contribution is 7.89. The predicted molar refractivity (Wildman–Crippen MR) is 98.8 cm³/mol. The normalized spacial score (nSPS) is 16.9. The van der Waals surface area contributed by atoms with Gasteiger partial charge >= 0.3 is 0 Å². The maximum absolute atomic E-state index is 12.7. The summed E-state index contributed by atoms with van der Waals surface area (Å²) in [5.74, 6) is 0.454. The molecule has 0 aliphatic carbocycles. The van der Waals surface area contributed by atoms with Crippen molar-refractivity contribution in [3.05, 3.63) is 23.8 Å². The first-order chi connectivity index (χ1) is 11.3. The van der Waals surface area contributed by atoms with Crippen molar-refractivity contribution in [3.63, 3.8) is 0 Å². The zero-order chi connectivity index (χ0) is 17.9.